The van der Waals surface area contributed by atoms with Crippen molar-refractivity contribution in [2.45, 2.75) is 38.8 Å². The zero-order chi connectivity index (χ0) is 15.2. The first-order valence-electron chi connectivity index (χ1n) is 7.32. The first-order valence-corrected chi connectivity index (χ1v) is 7.32. The molecule has 1 amide bonds. The third-order valence-electron chi connectivity index (χ3n) is 4.01. The fourth-order valence-corrected chi connectivity index (χ4v) is 2.66. The van der Waals surface area contributed by atoms with Gasteiger partial charge < -0.3 is 9.84 Å². The van der Waals surface area contributed by atoms with Gasteiger partial charge in [0.05, 0.1) is 0 Å². The molecule has 0 aliphatic carbocycles. The van der Waals surface area contributed by atoms with E-state index in [4.69, 9.17) is 4.74 Å². The number of carbonyl (C=O) groups is 2. The largest absolute Gasteiger partial charge is 0.480 e. The van der Waals surface area contributed by atoms with E-state index in [-0.39, 0.29) is 6.61 Å². The van der Waals surface area contributed by atoms with E-state index in [1.54, 1.807) is 0 Å². The Morgan fingerprint density at radius 3 is 2.67 bits per heavy atom. The number of hydrogen-bond donors (Lipinski definition) is 1. The monoisotopic (exact) mass is 291 g/mol. The molecule has 1 saturated heterocycles. The van der Waals surface area contributed by atoms with Gasteiger partial charge in [0.15, 0.2) is 0 Å². The van der Waals surface area contributed by atoms with E-state index in [2.05, 4.69) is 0 Å². The van der Waals surface area contributed by atoms with E-state index < -0.39 is 18.1 Å². The number of nitrogens with zero attached hydrogens (tertiary/aromatic N) is 1. The van der Waals surface area contributed by atoms with Crippen LogP contribution in [0.4, 0.5) is 4.79 Å². The number of ether oxygens (including phenoxy) is 1. The summed E-state index contributed by atoms with van der Waals surface area (Å²) in [7, 11) is 0. The fraction of sp³-hybridized carbons (Fsp3) is 0.500. The molecule has 1 aromatic rings. The summed E-state index contributed by atoms with van der Waals surface area (Å²) < 4.78 is 5.24. The van der Waals surface area contributed by atoms with E-state index in [0.29, 0.717) is 18.9 Å². The lowest BCUT2D eigenvalue weighted by Gasteiger charge is -2.36. The Morgan fingerprint density at radius 2 is 2.05 bits per heavy atom. The number of benzene rings is 1. The van der Waals surface area contributed by atoms with Gasteiger partial charge >= 0.3 is 12.1 Å². The minimum absolute atomic E-state index is 0.166. The molecule has 1 fully saturated rings. The molecule has 0 bridgehead atoms. The average molecular weight is 291 g/mol. The summed E-state index contributed by atoms with van der Waals surface area (Å²) in [6.07, 6.45) is 1.74. The maximum Gasteiger partial charge on any atom is 0.410 e. The van der Waals surface area contributed by atoms with Crippen molar-refractivity contribution in [3.05, 3.63) is 35.9 Å². The topological polar surface area (TPSA) is 66.8 Å². The minimum atomic E-state index is -0.954. The van der Waals surface area contributed by atoms with Crippen molar-refractivity contribution in [3.63, 3.8) is 0 Å². The maximum absolute atomic E-state index is 12.1. The van der Waals surface area contributed by atoms with Crippen molar-refractivity contribution in [1.29, 1.82) is 0 Å². The zero-order valence-electron chi connectivity index (χ0n) is 12.2. The van der Waals surface area contributed by atoms with Gasteiger partial charge in [-0.2, -0.15) is 0 Å². The summed E-state index contributed by atoms with van der Waals surface area (Å²) in [5.41, 5.74) is 0.890. The van der Waals surface area contributed by atoms with Gasteiger partial charge in [0.25, 0.3) is 0 Å². The van der Waals surface area contributed by atoms with Gasteiger partial charge in [-0.05, 0) is 24.3 Å². The summed E-state index contributed by atoms with van der Waals surface area (Å²) in [5, 5.41) is 9.31. The zero-order valence-corrected chi connectivity index (χ0v) is 12.2. The van der Waals surface area contributed by atoms with Crippen LogP contribution in [0.15, 0.2) is 30.3 Å². The number of likely N-dealkylation sites (tertiary alicyclic amines) is 1. The van der Waals surface area contributed by atoms with Crippen LogP contribution < -0.4 is 0 Å². The second-order valence-corrected chi connectivity index (χ2v) is 5.39. The Morgan fingerprint density at radius 1 is 1.33 bits per heavy atom. The van der Waals surface area contributed by atoms with Crippen LogP contribution in [-0.2, 0) is 16.1 Å². The molecule has 5 heteroatoms. The third-order valence-corrected chi connectivity index (χ3v) is 4.01. The standard InChI is InChI=1S/C16H21NO4/c1-2-12-8-9-17(14(10-12)15(18)19)16(20)21-11-13-6-4-3-5-7-13/h3-7,12,14H,2,8-11H2,1H3,(H,18,19)/t12-,14+/m0/s1. The Hall–Kier alpha value is -2.04. The molecule has 2 rings (SSSR count). The van der Waals surface area contributed by atoms with Crippen LogP contribution in [-0.4, -0.2) is 34.7 Å². The summed E-state index contributed by atoms with van der Waals surface area (Å²) in [6.45, 7) is 2.66. The SMILES string of the molecule is CC[C@H]1CCN(C(=O)OCc2ccccc2)[C@@H](C(=O)O)C1. The fourth-order valence-electron chi connectivity index (χ4n) is 2.66. The Kier molecular flexibility index (Phi) is 5.20. The highest BCUT2D eigenvalue weighted by atomic mass is 16.6. The number of aliphatic carboxylic acids is 1. The van der Waals surface area contributed by atoms with Gasteiger partial charge in [-0.25, -0.2) is 9.59 Å². The van der Waals surface area contributed by atoms with Crippen LogP contribution in [0.5, 0.6) is 0 Å². The molecule has 2 atom stereocenters. The molecule has 1 aliphatic heterocycles. The number of rotatable bonds is 4. The lowest BCUT2D eigenvalue weighted by molar-refractivity contribution is -0.144. The van der Waals surface area contributed by atoms with E-state index in [1.165, 1.54) is 4.90 Å². The Bertz CT molecular complexity index is 488. The van der Waals surface area contributed by atoms with Gasteiger partial charge in [0.1, 0.15) is 12.6 Å². The molecule has 114 valence electrons. The highest BCUT2D eigenvalue weighted by Crippen LogP contribution is 2.26. The summed E-state index contributed by atoms with van der Waals surface area (Å²) in [4.78, 5) is 24.8. The molecule has 1 aliphatic rings. The molecule has 21 heavy (non-hydrogen) atoms. The van der Waals surface area contributed by atoms with E-state index in [0.717, 1.165) is 18.4 Å². The Labute approximate surface area is 124 Å². The predicted molar refractivity (Wildman–Crippen MR) is 77.8 cm³/mol. The summed E-state index contributed by atoms with van der Waals surface area (Å²) in [5.74, 6) is -0.589. The lowest BCUT2D eigenvalue weighted by Crippen LogP contribution is -2.50. The molecule has 1 heterocycles. The van der Waals surface area contributed by atoms with Gasteiger partial charge in [-0.15, -0.1) is 0 Å². The third kappa shape index (κ3) is 3.97. The van der Waals surface area contributed by atoms with E-state index in [9.17, 15) is 14.7 Å². The van der Waals surface area contributed by atoms with Crippen LogP contribution in [0.3, 0.4) is 0 Å². The summed E-state index contributed by atoms with van der Waals surface area (Å²) >= 11 is 0. The van der Waals surface area contributed by atoms with Gasteiger partial charge in [-0.3, -0.25) is 4.90 Å². The number of carbonyl (C=O) groups excluding carboxylic acids is 1. The number of carboxylic acid groups (broad SMARTS) is 1. The molecule has 5 nitrogen and oxygen atoms in total. The van der Waals surface area contributed by atoms with Crippen LogP contribution in [0.2, 0.25) is 0 Å². The second-order valence-electron chi connectivity index (χ2n) is 5.39. The first kappa shape index (κ1) is 15.4. The normalized spacial score (nSPS) is 21.9. The predicted octanol–water partition coefficient (Wildman–Crippen LogP) is 2.90. The molecule has 0 aromatic heterocycles. The molecule has 0 radical (unpaired) electrons. The molecular formula is C16H21NO4. The number of amides is 1. The van der Waals surface area contributed by atoms with E-state index in [1.807, 2.05) is 37.3 Å². The van der Waals surface area contributed by atoms with Crippen molar-refractivity contribution in [2.75, 3.05) is 6.54 Å². The van der Waals surface area contributed by atoms with Crippen molar-refractivity contribution < 1.29 is 19.4 Å². The van der Waals surface area contributed by atoms with Gasteiger partial charge in [0.2, 0.25) is 0 Å². The first-order chi connectivity index (χ1) is 10.1. The van der Waals surface area contributed by atoms with Crippen molar-refractivity contribution in [1.82, 2.24) is 4.90 Å². The molecule has 0 saturated carbocycles. The van der Waals surface area contributed by atoms with Crippen molar-refractivity contribution >= 4 is 12.1 Å². The van der Waals surface area contributed by atoms with Crippen molar-refractivity contribution in [2.24, 2.45) is 5.92 Å². The minimum Gasteiger partial charge on any atom is -0.480 e. The quantitative estimate of drug-likeness (QED) is 0.926. The highest BCUT2D eigenvalue weighted by Gasteiger charge is 2.36. The molecule has 0 unspecified atom stereocenters. The van der Waals surface area contributed by atoms with Crippen LogP contribution in [0.25, 0.3) is 0 Å². The molecular weight excluding hydrogens is 270 g/mol. The highest BCUT2D eigenvalue weighted by molar-refractivity contribution is 5.80. The van der Waals surface area contributed by atoms with Gasteiger partial charge in [-0.1, -0.05) is 43.7 Å². The summed E-state index contributed by atoms with van der Waals surface area (Å²) in [6, 6.07) is 8.59. The number of hydrogen-bond acceptors (Lipinski definition) is 3. The molecule has 1 N–H and O–H groups in total. The average Bonchev–Trinajstić information content (AvgIpc) is 2.52. The Balaban J connectivity index is 1.95. The molecule has 1 aromatic carbocycles. The van der Waals surface area contributed by atoms with Gasteiger partial charge in [0, 0.05) is 6.54 Å². The van der Waals surface area contributed by atoms with Crippen LogP contribution in [0.1, 0.15) is 31.7 Å². The maximum atomic E-state index is 12.1. The second kappa shape index (κ2) is 7.11. The van der Waals surface area contributed by atoms with Crippen LogP contribution in [0, 0.1) is 5.92 Å². The van der Waals surface area contributed by atoms with E-state index >= 15 is 0 Å². The van der Waals surface area contributed by atoms with Crippen LogP contribution >= 0.6 is 0 Å². The smallest absolute Gasteiger partial charge is 0.410 e. The number of carboxylic acids is 1. The van der Waals surface area contributed by atoms with Crippen molar-refractivity contribution in [3.8, 4) is 0 Å². The molecule has 0 spiro atoms. The lowest BCUT2D eigenvalue weighted by atomic mass is 9.89. The number of piperidine rings is 1.